The number of rotatable bonds is 4. The van der Waals surface area contributed by atoms with E-state index < -0.39 is 0 Å². The minimum Gasteiger partial charge on any atom is -0.355 e. The van der Waals surface area contributed by atoms with Crippen molar-refractivity contribution in [3.63, 3.8) is 0 Å². The molecule has 0 fully saturated rings. The van der Waals surface area contributed by atoms with Crippen molar-refractivity contribution in [2.24, 2.45) is 0 Å². The van der Waals surface area contributed by atoms with Crippen LogP contribution in [-0.4, -0.2) is 9.97 Å². The van der Waals surface area contributed by atoms with E-state index in [0.29, 0.717) is 0 Å². The number of aromatic nitrogens is 2. The van der Waals surface area contributed by atoms with E-state index in [1.807, 2.05) is 51.4 Å². The number of hydrogen-bond acceptors (Lipinski definition) is 3. The van der Waals surface area contributed by atoms with E-state index >= 15 is 0 Å². The minimum atomic E-state index is 0.835. The van der Waals surface area contributed by atoms with Crippen molar-refractivity contribution >= 4 is 11.4 Å². The molecule has 0 bridgehead atoms. The zero-order valence-electron chi connectivity index (χ0n) is 16.3. The Kier molecular flexibility index (Phi) is 6.67. The van der Waals surface area contributed by atoms with Gasteiger partial charge in [-0.25, -0.2) is 0 Å². The molecule has 2 heterocycles. The molecular weight excluding hydrogens is 318 g/mol. The van der Waals surface area contributed by atoms with Gasteiger partial charge in [0.1, 0.15) is 0 Å². The van der Waals surface area contributed by atoms with Crippen molar-refractivity contribution in [3.05, 3.63) is 83.8 Å². The molecule has 1 N–H and O–H groups in total. The fourth-order valence-electron chi connectivity index (χ4n) is 2.79. The Morgan fingerprint density at radius 2 is 1.73 bits per heavy atom. The standard InChI is InChI=1S/C21H21N3.C2H6/c1-14-7-8-20(15(2)12-14)24-17(4)19-6-5-10-23-21(19)18-9-11-22-13-16(18)3;1-2/h5-13,24H,4H2,1-3H3;1-2H3. The van der Waals surface area contributed by atoms with Crippen LogP contribution >= 0.6 is 0 Å². The van der Waals surface area contributed by atoms with Crippen LogP contribution in [0.25, 0.3) is 17.0 Å². The van der Waals surface area contributed by atoms with Gasteiger partial charge < -0.3 is 5.32 Å². The molecule has 0 unspecified atom stereocenters. The lowest BCUT2D eigenvalue weighted by Gasteiger charge is -2.16. The maximum Gasteiger partial charge on any atom is 0.0798 e. The highest BCUT2D eigenvalue weighted by Crippen LogP contribution is 2.29. The van der Waals surface area contributed by atoms with Gasteiger partial charge in [-0.05, 0) is 56.2 Å². The van der Waals surface area contributed by atoms with Crippen LogP contribution in [0.1, 0.15) is 36.1 Å². The maximum atomic E-state index is 4.58. The Bertz CT molecular complexity index is 897. The van der Waals surface area contributed by atoms with Gasteiger partial charge in [0.2, 0.25) is 0 Å². The largest absolute Gasteiger partial charge is 0.355 e. The number of nitrogens with zero attached hydrogens (tertiary/aromatic N) is 2. The number of hydrogen-bond donors (Lipinski definition) is 1. The average molecular weight is 345 g/mol. The third kappa shape index (κ3) is 4.37. The fraction of sp³-hybridized carbons (Fsp3) is 0.217. The first-order valence-corrected chi connectivity index (χ1v) is 8.96. The van der Waals surface area contributed by atoms with Crippen LogP contribution < -0.4 is 5.32 Å². The Morgan fingerprint density at radius 3 is 2.42 bits per heavy atom. The molecule has 3 nitrogen and oxygen atoms in total. The first kappa shape index (κ1) is 19.4. The quantitative estimate of drug-likeness (QED) is 0.613. The van der Waals surface area contributed by atoms with E-state index in [4.69, 9.17) is 0 Å². The Balaban J connectivity index is 0.00000117. The molecular formula is C23H27N3. The summed E-state index contributed by atoms with van der Waals surface area (Å²) in [6.45, 7) is 14.5. The van der Waals surface area contributed by atoms with Gasteiger partial charge >= 0.3 is 0 Å². The summed E-state index contributed by atoms with van der Waals surface area (Å²) in [5.74, 6) is 0. The molecule has 0 aliphatic rings. The average Bonchev–Trinajstić information content (AvgIpc) is 2.66. The van der Waals surface area contributed by atoms with Gasteiger partial charge in [-0.2, -0.15) is 0 Å². The normalized spacial score (nSPS) is 9.88. The molecule has 3 rings (SSSR count). The molecule has 26 heavy (non-hydrogen) atoms. The van der Waals surface area contributed by atoms with Gasteiger partial charge in [0, 0.05) is 41.1 Å². The summed E-state index contributed by atoms with van der Waals surface area (Å²) in [6.07, 6.45) is 5.46. The summed E-state index contributed by atoms with van der Waals surface area (Å²) in [6, 6.07) is 12.3. The van der Waals surface area contributed by atoms with Gasteiger partial charge in [-0.15, -0.1) is 0 Å². The van der Waals surface area contributed by atoms with Gasteiger partial charge in [0.25, 0.3) is 0 Å². The number of nitrogens with one attached hydrogen (secondary N) is 1. The van der Waals surface area contributed by atoms with E-state index in [2.05, 4.69) is 53.9 Å². The molecule has 134 valence electrons. The van der Waals surface area contributed by atoms with Crippen LogP contribution in [0.5, 0.6) is 0 Å². The summed E-state index contributed by atoms with van der Waals surface area (Å²) in [4.78, 5) is 8.75. The Morgan fingerprint density at radius 1 is 0.962 bits per heavy atom. The van der Waals surface area contributed by atoms with Crippen molar-refractivity contribution in [2.45, 2.75) is 34.6 Å². The van der Waals surface area contributed by atoms with E-state index in [0.717, 1.165) is 33.8 Å². The van der Waals surface area contributed by atoms with Crippen molar-refractivity contribution in [1.29, 1.82) is 0 Å². The fourth-order valence-corrected chi connectivity index (χ4v) is 2.79. The van der Waals surface area contributed by atoms with Crippen LogP contribution in [0.3, 0.4) is 0 Å². The molecule has 0 spiro atoms. The monoisotopic (exact) mass is 345 g/mol. The molecule has 1 aromatic carbocycles. The molecule has 2 aromatic heterocycles. The van der Waals surface area contributed by atoms with Crippen molar-refractivity contribution in [3.8, 4) is 11.3 Å². The Labute approximate surface area is 156 Å². The molecule has 0 aliphatic carbocycles. The predicted molar refractivity (Wildman–Crippen MR) is 112 cm³/mol. The zero-order valence-corrected chi connectivity index (χ0v) is 16.3. The van der Waals surface area contributed by atoms with Gasteiger partial charge in [0.15, 0.2) is 0 Å². The first-order chi connectivity index (χ1) is 12.6. The topological polar surface area (TPSA) is 37.8 Å². The number of anilines is 1. The van der Waals surface area contributed by atoms with Crippen LogP contribution in [0.2, 0.25) is 0 Å². The maximum absolute atomic E-state index is 4.58. The molecule has 0 radical (unpaired) electrons. The van der Waals surface area contributed by atoms with Gasteiger partial charge in [-0.3, -0.25) is 9.97 Å². The minimum absolute atomic E-state index is 0.835. The Hall–Kier alpha value is -2.94. The summed E-state index contributed by atoms with van der Waals surface area (Å²) in [7, 11) is 0. The van der Waals surface area contributed by atoms with Crippen molar-refractivity contribution in [2.75, 3.05) is 5.32 Å². The second-order valence-corrected chi connectivity index (χ2v) is 6.01. The van der Waals surface area contributed by atoms with Gasteiger partial charge in [-0.1, -0.05) is 38.1 Å². The van der Waals surface area contributed by atoms with Crippen molar-refractivity contribution in [1.82, 2.24) is 9.97 Å². The SMILES string of the molecule is C=C(Nc1ccc(C)cc1C)c1cccnc1-c1ccncc1C.CC. The van der Waals surface area contributed by atoms with E-state index in [1.165, 1.54) is 11.1 Å². The van der Waals surface area contributed by atoms with Gasteiger partial charge in [0.05, 0.1) is 5.69 Å². The lowest BCUT2D eigenvalue weighted by atomic mass is 10.0. The smallest absolute Gasteiger partial charge is 0.0798 e. The molecule has 0 amide bonds. The summed E-state index contributed by atoms with van der Waals surface area (Å²) >= 11 is 0. The van der Waals surface area contributed by atoms with Crippen molar-refractivity contribution < 1.29 is 0 Å². The van der Waals surface area contributed by atoms with Crippen LogP contribution in [-0.2, 0) is 0 Å². The molecule has 0 saturated heterocycles. The lowest BCUT2D eigenvalue weighted by Crippen LogP contribution is -2.02. The second-order valence-electron chi connectivity index (χ2n) is 6.01. The number of aryl methyl sites for hydroxylation is 3. The van der Waals surface area contributed by atoms with E-state index in [-0.39, 0.29) is 0 Å². The summed E-state index contributed by atoms with van der Waals surface area (Å²) in [5.41, 5.74) is 8.42. The van der Waals surface area contributed by atoms with E-state index in [1.54, 1.807) is 6.20 Å². The molecule has 3 heteroatoms. The highest BCUT2D eigenvalue weighted by atomic mass is 14.9. The van der Waals surface area contributed by atoms with Crippen LogP contribution in [0, 0.1) is 20.8 Å². The second kappa shape index (κ2) is 8.95. The van der Waals surface area contributed by atoms with E-state index in [9.17, 15) is 0 Å². The predicted octanol–water partition coefficient (Wildman–Crippen LogP) is 6.18. The third-order valence-electron chi connectivity index (χ3n) is 4.08. The first-order valence-electron chi connectivity index (χ1n) is 8.96. The zero-order chi connectivity index (χ0) is 19.1. The number of pyridine rings is 2. The van der Waals surface area contributed by atoms with Crippen LogP contribution in [0.15, 0.2) is 61.6 Å². The molecule has 0 atom stereocenters. The highest BCUT2D eigenvalue weighted by Gasteiger charge is 2.12. The highest BCUT2D eigenvalue weighted by molar-refractivity contribution is 5.84. The molecule has 0 aliphatic heterocycles. The van der Waals surface area contributed by atoms with Crippen LogP contribution in [0.4, 0.5) is 5.69 Å². The third-order valence-corrected chi connectivity index (χ3v) is 4.08. The molecule has 3 aromatic rings. The number of benzene rings is 1. The molecule has 0 saturated carbocycles. The lowest BCUT2D eigenvalue weighted by molar-refractivity contribution is 1.23. The summed E-state index contributed by atoms with van der Waals surface area (Å²) in [5, 5.41) is 3.43. The summed E-state index contributed by atoms with van der Waals surface area (Å²) < 4.78 is 0.